The summed E-state index contributed by atoms with van der Waals surface area (Å²) in [4.78, 5) is 4.06. The van der Waals surface area contributed by atoms with Crippen molar-refractivity contribution in [3.05, 3.63) is 35.7 Å². The summed E-state index contributed by atoms with van der Waals surface area (Å²) < 4.78 is 32.2. The van der Waals surface area contributed by atoms with Crippen molar-refractivity contribution in [2.75, 3.05) is 11.5 Å². The second-order valence-corrected chi connectivity index (χ2v) is 6.06. The van der Waals surface area contributed by atoms with Crippen LogP contribution in [0.1, 0.15) is 18.7 Å². The molecule has 112 valence electrons. The van der Waals surface area contributed by atoms with Gasteiger partial charge in [0, 0.05) is 11.8 Å². The van der Waals surface area contributed by atoms with E-state index in [0.717, 1.165) is 12.2 Å². The molecule has 0 saturated carbocycles. The molecule has 0 unspecified atom stereocenters. The van der Waals surface area contributed by atoms with Crippen LogP contribution in [-0.4, -0.2) is 27.7 Å². The SMILES string of the molecule is Fc1cccc(F)c1-c1nc(CN[C@H]2CCCSC2)no1. The Hall–Kier alpha value is -1.47. The molecule has 2 heterocycles. The zero-order valence-corrected chi connectivity index (χ0v) is 12.1. The van der Waals surface area contributed by atoms with Gasteiger partial charge in [-0.2, -0.15) is 16.7 Å². The van der Waals surface area contributed by atoms with Crippen LogP contribution in [0.4, 0.5) is 8.78 Å². The van der Waals surface area contributed by atoms with E-state index in [2.05, 4.69) is 15.5 Å². The second kappa shape index (κ2) is 6.53. The van der Waals surface area contributed by atoms with E-state index < -0.39 is 11.6 Å². The number of hydrogen-bond donors (Lipinski definition) is 1. The lowest BCUT2D eigenvalue weighted by atomic mass is 10.2. The first-order valence-corrected chi connectivity index (χ1v) is 7.97. The third-order valence-electron chi connectivity index (χ3n) is 3.35. The summed E-state index contributed by atoms with van der Waals surface area (Å²) in [6.07, 6.45) is 2.32. The highest BCUT2D eigenvalue weighted by molar-refractivity contribution is 7.99. The molecule has 1 N–H and O–H groups in total. The molecule has 21 heavy (non-hydrogen) atoms. The molecule has 4 nitrogen and oxygen atoms in total. The van der Waals surface area contributed by atoms with Crippen molar-refractivity contribution < 1.29 is 13.3 Å². The second-order valence-electron chi connectivity index (χ2n) is 4.91. The van der Waals surface area contributed by atoms with Crippen molar-refractivity contribution in [1.29, 1.82) is 0 Å². The van der Waals surface area contributed by atoms with Crippen molar-refractivity contribution in [2.45, 2.75) is 25.4 Å². The van der Waals surface area contributed by atoms with Crippen LogP contribution in [0.15, 0.2) is 22.7 Å². The first-order chi connectivity index (χ1) is 10.2. The smallest absolute Gasteiger partial charge is 0.263 e. The van der Waals surface area contributed by atoms with E-state index in [9.17, 15) is 8.78 Å². The van der Waals surface area contributed by atoms with Gasteiger partial charge < -0.3 is 9.84 Å². The van der Waals surface area contributed by atoms with Crippen LogP contribution in [0, 0.1) is 11.6 Å². The van der Waals surface area contributed by atoms with Crippen molar-refractivity contribution in [3.63, 3.8) is 0 Å². The standard InChI is InChI=1S/C14H15F2N3OS/c15-10-4-1-5-11(16)13(10)14-18-12(19-20-14)7-17-9-3-2-6-21-8-9/h1,4-5,9,17H,2-3,6-8H2/t9-/m0/s1. The predicted octanol–water partition coefficient (Wildman–Crippen LogP) is 3.00. The van der Waals surface area contributed by atoms with Gasteiger partial charge >= 0.3 is 0 Å². The van der Waals surface area contributed by atoms with E-state index in [4.69, 9.17) is 4.52 Å². The van der Waals surface area contributed by atoms with Gasteiger partial charge in [-0.15, -0.1) is 0 Å². The number of aromatic nitrogens is 2. The zero-order valence-electron chi connectivity index (χ0n) is 11.3. The van der Waals surface area contributed by atoms with Crippen LogP contribution < -0.4 is 5.32 Å². The molecule has 1 aromatic heterocycles. The maximum atomic E-state index is 13.6. The predicted molar refractivity (Wildman–Crippen MR) is 76.8 cm³/mol. The Morgan fingerprint density at radius 2 is 2.14 bits per heavy atom. The number of halogens is 2. The highest BCUT2D eigenvalue weighted by Gasteiger charge is 2.19. The fourth-order valence-electron chi connectivity index (χ4n) is 2.27. The van der Waals surface area contributed by atoms with Crippen molar-refractivity contribution in [1.82, 2.24) is 15.5 Å². The molecule has 1 aliphatic heterocycles. The van der Waals surface area contributed by atoms with Gasteiger partial charge in [0.25, 0.3) is 5.89 Å². The van der Waals surface area contributed by atoms with Gasteiger partial charge in [-0.1, -0.05) is 11.2 Å². The van der Waals surface area contributed by atoms with Gasteiger partial charge in [-0.05, 0) is 30.7 Å². The van der Waals surface area contributed by atoms with Gasteiger partial charge in [0.1, 0.15) is 17.2 Å². The lowest BCUT2D eigenvalue weighted by molar-refractivity contribution is 0.409. The number of rotatable bonds is 4. The van der Waals surface area contributed by atoms with Gasteiger partial charge in [0.05, 0.1) is 6.54 Å². The first kappa shape index (κ1) is 14.5. The van der Waals surface area contributed by atoms with E-state index >= 15 is 0 Å². The number of nitrogens with one attached hydrogen (secondary N) is 1. The van der Waals surface area contributed by atoms with Gasteiger partial charge in [-0.3, -0.25) is 0 Å². The molecule has 0 spiro atoms. The third kappa shape index (κ3) is 3.41. The minimum atomic E-state index is -0.707. The summed E-state index contributed by atoms with van der Waals surface area (Å²) in [6.45, 7) is 0.435. The van der Waals surface area contributed by atoms with E-state index in [-0.39, 0.29) is 11.5 Å². The van der Waals surface area contributed by atoms with E-state index in [1.54, 1.807) is 0 Å². The van der Waals surface area contributed by atoms with Crippen LogP contribution in [-0.2, 0) is 6.54 Å². The Kier molecular flexibility index (Phi) is 4.50. The van der Waals surface area contributed by atoms with E-state index in [1.807, 2.05) is 11.8 Å². The van der Waals surface area contributed by atoms with E-state index in [0.29, 0.717) is 18.4 Å². The van der Waals surface area contributed by atoms with Crippen LogP contribution in [0.2, 0.25) is 0 Å². The maximum absolute atomic E-state index is 13.6. The molecule has 0 aliphatic carbocycles. The molecule has 3 rings (SSSR count). The molecule has 0 bridgehead atoms. The molecule has 0 radical (unpaired) electrons. The van der Waals surface area contributed by atoms with Gasteiger partial charge in [0.2, 0.25) is 0 Å². The average molecular weight is 311 g/mol. The minimum Gasteiger partial charge on any atom is -0.334 e. The lowest BCUT2D eigenvalue weighted by Crippen LogP contribution is -2.33. The number of benzene rings is 1. The number of hydrogen-bond acceptors (Lipinski definition) is 5. The zero-order chi connectivity index (χ0) is 14.7. The van der Waals surface area contributed by atoms with Crippen LogP contribution in [0.5, 0.6) is 0 Å². The minimum absolute atomic E-state index is 0.125. The maximum Gasteiger partial charge on any atom is 0.263 e. The summed E-state index contributed by atoms with van der Waals surface area (Å²) in [6, 6.07) is 4.06. The van der Waals surface area contributed by atoms with Crippen molar-refractivity contribution in [2.24, 2.45) is 0 Å². The fourth-order valence-corrected chi connectivity index (χ4v) is 3.37. The molecule has 1 aliphatic rings. The molecular weight excluding hydrogens is 296 g/mol. The van der Waals surface area contributed by atoms with Gasteiger partial charge in [0.15, 0.2) is 5.82 Å². The molecule has 2 aromatic rings. The lowest BCUT2D eigenvalue weighted by Gasteiger charge is -2.21. The Bertz CT molecular complexity index is 594. The third-order valence-corrected chi connectivity index (χ3v) is 4.57. The molecule has 1 saturated heterocycles. The summed E-state index contributed by atoms with van der Waals surface area (Å²) in [5, 5.41) is 7.11. The highest BCUT2D eigenvalue weighted by atomic mass is 32.2. The molecule has 1 aromatic carbocycles. The largest absolute Gasteiger partial charge is 0.334 e. The first-order valence-electron chi connectivity index (χ1n) is 6.82. The molecule has 0 amide bonds. The van der Waals surface area contributed by atoms with Gasteiger partial charge in [-0.25, -0.2) is 8.78 Å². The summed E-state index contributed by atoms with van der Waals surface area (Å²) >= 11 is 1.92. The van der Waals surface area contributed by atoms with Crippen molar-refractivity contribution in [3.8, 4) is 11.5 Å². The summed E-state index contributed by atoms with van der Waals surface area (Å²) in [5.74, 6) is 1.14. The Morgan fingerprint density at radius 3 is 2.86 bits per heavy atom. The fraction of sp³-hybridized carbons (Fsp3) is 0.429. The number of nitrogens with zero attached hydrogens (tertiary/aromatic N) is 2. The van der Waals surface area contributed by atoms with E-state index in [1.165, 1.54) is 30.4 Å². The Morgan fingerprint density at radius 1 is 1.33 bits per heavy atom. The Labute approximate surface area is 125 Å². The summed E-state index contributed by atoms with van der Waals surface area (Å²) in [7, 11) is 0. The normalized spacial score (nSPS) is 18.9. The Balaban J connectivity index is 1.68. The highest BCUT2D eigenvalue weighted by Crippen LogP contribution is 2.24. The monoisotopic (exact) mass is 311 g/mol. The van der Waals surface area contributed by atoms with Crippen LogP contribution in [0.3, 0.4) is 0 Å². The van der Waals surface area contributed by atoms with Crippen LogP contribution in [0.25, 0.3) is 11.5 Å². The topological polar surface area (TPSA) is 51.0 Å². The molecule has 1 atom stereocenters. The van der Waals surface area contributed by atoms with Crippen LogP contribution >= 0.6 is 11.8 Å². The average Bonchev–Trinajstić information content (AvgIpc) is 2.95. The summed E-state index contributed by atoms with van der Waals surface area (Å²) in [5.41, 5.74) is -0.274. The molecule has 1 fully saturated rings. The molecular formula is C14H15F2N3OS. The quantitative estimate of drug-likeness (QED) is 0.940. The van der Waals surface area contributed by atoms with Crippen molar-refractivity contribution >= 4 is 11.8 Å². The number of thioether (sulfide) groups is 1. The molecule has 7 heteroatoms.